The standard InChI is InChI=1S/C9H7FN4O3/c10-8-3-7(14(16)17)1-2-9(8)13-4-6(5-15)11-12-13/h1-4,15H,5H2. The second kappa shape index (κ2) is 4.26. The van der Waals surface area contributed by atoms with Crippen molar-refractivity contribution in [3.63, 3.8) is 0 Å². The Morgan fingerprint density at radius 2 is 2.29 bits per heavy atom. The average Bonchev–Trinajstić information content (AvgIpc) is 2.77. The number of non-ortho nitro benzene ring substituents is 1. The first-order valence-electron chi connectivity index (χ1n) is 4.58. The summed E-state index contributed by atoms with van der Waals surface area (Å²) in [6.45, 7) is -0.311. The van der Waals surface area contributed by atoms with E-state index in [-0.39, 0.29) is 23.7 Å². The number of nitro groups is 1. The largest absolute Gasteiger partial charge is 0.390 e. The molecule has 0 saturated heterocycles. The zero-order valence-corrected chi connectivity index (χ0v) is 8.45. The molecule has 0 aliphatic rings. The van der Waals surface area contributed by atoms with E-state index in [0.29, 0.717) is 0 Å². The molecule has 0 unspecified atom stereocenters. The van der Waals surface area contributed by atoms with Crippen molar-refractivity contribution < 1.29 is 14.4 Å². The Balaban J connectivity index is 2.42. The number of rotatable bonds is 3. The Morgan fingerprint density at radius 3 is 2.82 bits per heavy atom. The minimum atomic E-state index is -0.784. The van der Waals surface area contributed by atoms with E-state index in [0.717, 1.165) is 10.7 Å². The molecule has 8 heteroatoms. The Bertz CT molecular complexity index is 569. The van der Waals surface area contributed by atoms with Gasteiger partial charge in [-0.15, -0.1) is 5.10 Å². The Hall–Kier alpha value is -2.35. The summed E-state index contributed by atoms with van der Waals surface area (Å²) >= 11 is 0. The van der Waals surface area contributed by atoms with Crippen molar-refractivity contribution in [1.82, 2.24) is 15.0 Å². The summed E-state index contributed by atoms with van der Waals surface area (Å²) in [7, 11) is 0. The number of nitrogens with zero attached hydrogens (tertiary/aromatic N) is 4. The third kappa shape index (κ3) is 2.11. The molecule has 7 nitrogen and oxygen atoms in total. The quantitative estimate of drug-likeness (QED) is 0.630. The van der Waals surface area contributed by atoms with E-state index in [2.05, 4.69) is 10.3 Å². The number of benzene rings is 1. The molecule has 0 spiro atoms. The van der Waals surface area contributed by atoms with Gasteiger partial charge in [-0.25, -0.2) is 9.07 Å². The monoisotopic (exact) mass is 238 g/mol. The first-order valence-corrected chi connectivity index (χ1v) is 4.58. The number of aliphatic hydroxyl groups excluding tert-OH is 1. The molecule has 1 N–H and O–H groups in total. The van der Waals surface area contributed by atoms with Crippen LogP contribution in [0, 0.1) is 15.9 Å². The molecule has 1 aromatic heterocycles. The van der Waals surface area contributed by atoms with Gasteiger partial charge in [-0.1, -0.05) is 5.21 Å². The molecule has 0 fully saturated rings. The second-order valence-electron chi connectivity index (χ2n) is 3.21. The first-order chi connectivity index (χ1) is 8.11. The van der Waals surface area contributed by atoms with Gasteiger partial charge in [-0.2, -0.15) is 0 Å². The highest BCUT2D eigenvalue weighted by Crippen LogP contribution is 2.19. The van der Waals surface area contributed by atoms with Crippen molar-refractivity contribution in [2.75, 3.05) is 0 Å². The molecule has 0 radical (unpaired) electrons. The van der Waals surface area contributed by atoms with Crippen LogP contribution in [0.3, 0.4) is 0 Å². The number of aliphatic hydroxyl groups is 1. The van der Waals surface area contributed by atoms with E-state index in [1.807, 2.05) is 0 Å². The van der Waals surface area contributed by atoms with Crippen LogP contribution in [0.4, 0.5) is 10.1 Å². The lowest BCUT2D eigenvalue weighted by molar-refractivity contribution is -0.385. The van der Waals surface area contributed by atoms with E-state index in [1.165, 1.54) is 18.3 Å². The molecule has 2 aromatic rings. The van der Waals surface area contributed by atoms with E-state index in [9.17, 15) is 14.5 Å². The van der Waals surface area contributed by atoms with Gasteiger partial charge < -0.3 is 5.11 Å². The molecular formula is C9H7FN4O3. The zero-order chi connectivity index (χ0) is 12.4. The van der Waals surface area contributed by atoms with Gasteiger partial charge in [0.05, 0.1) is 23.8 Å². The van der Waals surface area contributed by atoms with Crippen molar-refractivity contribution in [2.45, 2.75) is 6.61 Å². The van der Waals surface area contributed by atoms with Crippen molar-refractivity contribution in [1.29, 1.82) is 0 Å². The summed E-state index contributed by atoms with van der Waals surface area (Å²) in [6, 6.07) is 3.19. The number of nitro benzene ring substituents is 1. The van der Waals surface area contributed by atoms with Crippen LogP contribution in [0.25, 0.3) is 5.69 Å². The summed E-state index contributed by atoms with van der Waals surface area (Å²) in [5.74, 6) is -0.784. The molecule has 0 saturated carbocycles. The first kappa shape index (κ1) is 11.1. The lowest BCUT2D eigenvalue weighted by Gasteiger charge is -2.01. The van der Waals surface area contributed by atoms with Crippen LogP contribution >= 0.6 is 0 Å². The maximum atomic E-state index is 13.6. The Labute approximate surface area is 94.3 Å². The van der Waals surface area contributed by atoms with Crippen LogP contribution in [-0.4, -0.2) is 25.0 Å². The zero-order valence-electron chi connectivity index (χ0n) is 8.45. The second-order valence-corrected chi connectivity index (χ2v) is 3.21. The minimum Gasteiger partial charge on any atom is -0.390 e. The minimum absolute atomic E-state index is 0.0304. The summed E-state index contributed by atoms with van der Waals surface area (Å²) in [5.41, 5.74) is -0.0284. The predicted molar refractivity (Wildman–Crippen MR) is 53.9 cm³/mol. The van der Waals surface area contributed by atoms with Crippen LogP contribution in [0.1, 0.15) is 5.69 Å². The van der Waals surface area contributed by atoms with Crippen LogP contribution in [0.2, 0.25) is 0 Å². The molecular weight excluding hydrogens is 231 g/mol. The Kier molecular flexibility index (Phi) is 2.79. The molecule has 0 aliphatic carbocycles. The van der Waals surface area contributed by atoms with E-state index >= 15 is 0 Å². The molecule has 0 aliphatic heterocycles. The lowest BCUT2D eigenvalue weighted by atomic mass is 10.2. The lowest BCUT2D eigenvalue weighted by Crippen LogP contribution is -1.99. The topological polar surface area (TPSA) is 94.1 Å². The SMILES string of the molecule is O=[N+]([O-])c1ccc(-n2cc(CO)nn2)c(F)c1. The highest BCUT2D eigenvalue weighted by molar-refractivity contribution is 5.41. The van der Waals surface area contributed by atoms with Crippen LogP contribution in [0.15, 0.2) is 24.4 Å². The molecule has 88 valence electrons. The summed E-state index contributed by atoms with van der Waals surface area (Å²) in [6.07, 6.45) is 1.34. The third-order valence-electron chi connectivity index (χ3n) is 2.09. The Morgan fingerprint density at radius 1 is 1.53 bits per heavy atom. The highest BCUT2D eigenvalue weighted by Gasteiger charge is 2.13. The van der Waals surface area contributed by atoms with Crippen molar-refractivity contribution in [3.8, 4) is 5.69 Å². The number of aromatic nitrogens is 3. The van der Waals surface area contributed by atoms with Crippen LogP contribution in [-0.2, 0) is 6.61 Å². The third-order valence-corrected chi connectivity index (χ3v) is 2.09. The fourth-order valence-corrected chi connectivity index (χ4v) is 1.28. The predicted octanol–water partition coefficient (Wildman–Crippen LogP) is 0.807. The number of hydrogen-bond acceptors (Lipinski definition) is 5. The summed E-state index contributed by atoms with van der Waals surface area (Å²) < 4.78 is 14.7. The fraction of sp³-hybridized carbons (Fsp3) is 0.111. The van der Waals surface area contributed by atoms with Crippen LogP contribution in [0.5, 0.6) is 0 Å². The summed E-state index contributed by atoms with van der Waals surface area (Å²) in [4.78, 5) is 9.74. The maximum Gasteiger partial charge on any atom is 0.272 e. The highest BCUT2D eigenvalue weighted by atomic mass is 19.1. The molecule has 1 aromatic carbocycles. The molecule has 2 rings (SSSR count). The fourth-order valence-electron chi connectivity index (χ4n) is 1.28. The van der Waals surface area contributed by atoms with Gasteiger partial charge in [-0.3, -0.25) is 10.1 Å². The van der Waals surface area contributed by atoms with Gasteiger partial charge in [0.15, 0.2) is 5.82 Å². The smallest absolute Gasteiger partial charge is 0.272 e. The molecule has 0 atom stereocenters. The molecule has 0 amide bonds. The number of hydrogen-bond donors (Lipinski definition) is 1. The maximum absolute atomic E-state index is 13.6. The van der Waals surface area contributed by atoms with Gasteiger partial charge in [-0.05, 0) is 6.07 Å². The van der Waals surface area contributed by atoms with Crippen molar-refractivity contribution in [2.24, 2.45) is 0 Å². The van der Waals surface area contributed by atoms with Gasteiger partial charge in [0, 0.05) is 6.07 Å². The van der Waals surface area contributed by atoms with E-state index < -0.39 is 10.7 Å². The molecule has 0 bridgehead atoms. The van der Waals surface area contributed by atoms with Gasteiger partial charge in [0.25, 0.3) is 5.69 Å². The average molecular weight is 238 g/mol. The van der Waals surface area contributed by atoms with Gasteiger partial charge in [0.2, 0.25) is 0 Å². The van der Waals surface area contributed by atoms with Crippen LogP contribution < -0.4 is 0 Å². The number of halogens is 1. The van der Waals surface area contributed by atoms with Crippen molar-refractivity contribution >= 4 is 5.69 Å². The van der Waals surface area contributed by atoms with E-state index in [1.54, 1.807) is 0 Å². The van der Waals surface area contributed by atoms with Gasteiger partial charge in [0.1, 0.15) is 11.4 Å². The molecule has 1 heterocycles. The van der Waals surface area contributed by atoms with E-state index in [4.69, 9.17) is 5.11 Å². The summed E-state index contributed by atoms with van der Waals surface area (Å²) in [5, 5.41) is 26.4. The molecule has 17 heavy (non-hydrogen) atoms. The van der Waals surface area contributed by atoms with Gasteiger partial charge >= 0.3 is 0 Å². The normalized spacial score (nSPS) is 10.5. The van der Waals surface area contributed by atoms with Crippen molar-refractivity contribution in [3.05, 3.63) is 46.0 Å².